The fourth-order valence-corrected chi connectivity index (χ4v) is 2.67. The number of methoxy groups -OCH3 is 1. The minimum absolute atomic E-state index is 0.933. The summed E-state index contributed by atoms with van der Waals surface area (Å²) in [6, 6.07) is 6.18. The molecule has 1 saturated heterocycles. The second kappa shape index (κ2) is 5.58. The van der Waals surface area contributed by atoms with E-state index in [1.165, 1.54) is 31.4 Å². The van der Waals surface area contributed by atoms with Crippen LogP contribution in [0.1, 0.15) is 25.7 Å². The molecule has 88 valence electrons. The van der Waals surface area contributed by atoms with Crippen LogP contribution in [0.4, 0.5) is 5.69 Å². The van der Waals surface area contributed by atoms with Gasteiger partial charge in [-0.15, -0.1) is 0 Å². The second-order valence-electron chi connectivity index (χ2n) is 4.22. The van der Waals surface area contributed by atoms with Crippen LogP contribution in [0.5, 0.6) is 5.75 Å². The fraction of sp³-hybridized carbons (Fsp3) is 0.538. The van der Waals surface area contributed by atoms with Gasteiger partial charge in [-0.3, -0.25) is 0 Å². The van der Waals surface area contributed by atoms with Crippen LogP contribution >= 0.6 is 15.9 Å². The first kappa shape index (κ1) is 11.8. The fourth-order valence-electron chi connectivity index (χ4n) is 2.17. The minimum atomic E-state index is 0.933. The van der Waals surface area contributed by atoms with Crippen molar-refractivity contribution in [2.24, 2.45) is 0 Å². The first-order valence-corrected chi connectivity index (χ1v) is 6.69. The molecule has 0 atom stereocenters. The average Bonchev–Trinajstić information content (AvgIpc) is 2.58. The normalized spacial score (nSPS) is 17.0. The maximum atomic E-state index is 5.28. The molecule has 0 N–H and O–H groups in total. The molecule has 1 aromatic carbocycles. The van der Waals surface area contributed by atoms with Gasteiger partial charge in [0, 0.05) is 23.6 Å². The Morgan fingerprint density at radius 3 is 2.44 bits per heavy atom. The van der Waals surface area contributed by atoms with Gasteiger partial charge in [-0.05, 0) is 40.9 Å². The monoisotopic (exact) mass is 283 g/mol. The Balaban J connectivity index is 2.22. The number of anilines is 1. The van der Waals surface area contributed by atoms with Crippen molar-refractivity contribution in [1.29, 1.82) is 0 Å². The Hall–Kier alpha value is -0.700. The molecule has 0 aliphatic carbocycles. The van der Waals surface area contributed by atoms with Crippen molar-refractivity contribution in [2.75, 3.05) is 25.1 Å². The molecule has 2 nitrogen and oxygen atoms in total. The largest absolute Gasteiger partial charge is 0.497 e. The van der Waals surface area contributed by atoms with Crippen molar-refractivity contribution >= 4 is 21.6 Å². The first-order chi connectivity index (χ1) is 7.81. The highest BCUT2D eigenvalue weighted by Gasteiger charge is 2.13. The Kier molecular flexibility index (Phi) is 4.10. The lowest BCUT2D eigenvalue weighted by Gasteiger charge is -2.24. The summed E-state index contributed by atoms with van der Waals surface area (Å²) in [5.74, 6) is 0.933. The van der Waals surface area contributed by atoms with Gasteiger partial charge in [-0.25, -0.2) is 0 Å². The van der Waals surface area contributed by atoms with Gasteiger partial charge in [0.1, 0.15) is 5.75 Å². The SMILES string of the molecule is COc1ccc(Br)c(N2CCCCCC2)c1. The molecule has 1 aromatic rings. The van der Waals surface area contributed by atoms with E-state index in [2.05, 4.69) is 33.0 Å². The molecule has 0 aromatic heterocycles. The van der Waals surface area contributed by atoms with E-state index in [-0.39, 0.29) is 0 Å². The molecular weight excluding hydrogens is 266 g/mol. The number of benzene rings is 1. The van der Waals surface area contributed by atoms with Crippen LogP contribution in [-0.4, -0.2) is 20.2 Å². The standard InChI is InChI=1S/C13H18BrNO/c1-16-11-6-7-12(14)13(10-11)15-8-4-2-3-5-9-15/h6-7,10H,2-5,8-9H2,1H3. The van der Waals surface area contributed by atoms with E-state index in [4.69, 9.17) is 4.74 Å². The molecule has 1 heterocycles. The summed E-state index contributed by atoms with van der Waals surface area (Å²) in [4.78, 5) is 2.46. The van der Waals surface area contributed by atoms with Gasteiger partial charge >= 0.3 is 0 Å². The number of nitrogens with zero attached hydrogens (tertiary/aromatic N) is 1. The number of hydrogen-bond donors (Lipinski definition) is 0. The number of hydrogen-bond acceptors (Lipinski definition) is 2. The van der Waals surface area contributed by atoms with Gasteiger partial charge in [-0.1, -0.05) is 12.8 Å². The molecular formula is C13H18BrNO. The molecule has 1 aliphatic rings. The van der Waals surface area contributed by atoms with Crippen LogP contribution < -0.4 is 9.64 Å². The van der Waals surface area contributed by atoms with Crippen molar-refractivity contribution in [3.8, 4) is 5.75 Å². The maximum absolute atomic E-state index is 5.28. The van der Waals surface area contributed by atoms with Crippen LogP contribution in [-0.2, 0) is 0 Å². The zero-order chi connectivity index (χ0) is 11.4. The topological polar surface area (TPSA) is 12.5 Å². The molecule has 0 bridgehead atoms. The van der Waals surface area contributed by atoms with Crippen molar-refractivity contribution in [1.82, 2.24) is 0 Å². The minimum Gasteiger partial charge on any atom is -0.497 e. The summed E-state index contributed by atoms with van der Waals surface area (Å²) in [5, 5.41) is 0. The van der Waals surface area contributed by atoms with Crippen LogP contribution in [0.3, 0.4) is 0 Å². The number of halogens is 1. The summed E-state index contributed by atoms with van der Waals surface area (Å²) in [6.07, 6.45) is 5.31. The van der Waals surface area contributed by atoms with Gasteiger partial charge in [0.15, 0.2) is 0 Å². The van der Waals surface area contributed by atoms with E-state index >= 15 is 0 Å². The zero-order valence-corrected chi connectivity index (χ0v) is 11.3. The highest BCUT2D eigenvalue weighted by molar-refractivity contribution is 9.10. The molecule has 16 heavy (non-hydrogen) atoms. The second-order valence-corrected chi connectivity index (χ2v) is 5.07. The lowest BCUT2D eigenvalue weighted by atomic mass is 10.2. The summed E-state index contributed by atoms with van der Waals surface area (Å²) in [6.45, 7) is 2.32. The molecule has 0 radical (unpaired) electrons. The van der Waals surface area contributed by atoms with Crippen molar-refractivity contribution in [3.05, 3.63) is 22.7 Å². The van der Waals surface area contributed by atoms with E-state index in [0.29, 0.717) is 0 Å². The van der Waals surface area contributed by atoms with Gasteiger partial charge in [-0.2, -0.15) is 0 Å². The van der Waals surface area contributed by atoms with E-state index in [1.54, 1.807) is 7.11 Å². The summed E-state index contributed by atoms with van der Waals surface area (Å²) in [7, 11) is 1.72. The van der Waals surface area contributed by atoms with Crippen LogP contribution in [0.25, 0.3) is 0 Å². The van der Waals surface area contributed by atoms with Gasteiger partial charge in [0.05, 0.1) is 12.8 Å². The van der Waals surface area contributed by atoms with E-state index in [9.17, 15) is 0 Å². The predicted octanol–water partition coefficient (Wildman–Crippen LogP) is 3.84. The smallest absolute Gasteiger partial charge is 0.121 e. The van der Waals surface area contributed by atoms with Crippen LogP contribution in [0.2, 0.25) is 0 Å². The van der Waals surface area contributed by atoms with E-state index in [1.807, 2.05) is 6.07 Å². The number of ether oxygens (including phenoxy) is 1. The highest BCUT2D eigenvalue weighted by atomic mass is 79.9. The van der Waals surface area contributed by atoms with Gasteiger partial charge in [0.2, 0.25) is 0 Å². The van der Waals surface area contributed by atoms with Gasteiger partial charge in [0.25, 0.3) is 0 Å². The lowest BCUT2D eigenvalue weighted by molar-refractivity contribution is 0.414. The molecule has 0 saturated carbocycles. The highest BCUT2D eigenvalue weighted by Crippen LogP contribution is 2.31. The molecule has 0 unspecified atom stereocenters. The molecule has 1 fully saturated rings. The summed E-state index contributed by atoms with van der Waals surface area (Å²) >= 11 is 3.62. The lowest BCUT2D eigenvalue weighted by Crippen LogP contribution is -2.24. The van der Waals surface area contributed by atoms with Crippen LogP contribution in [0.15, 0.2) is 22.7 Å². The Labute approximate surface area is 106 Å². The molecule has 2 rings (SSSR count). The van der Waals surface area contributed by atoms with Gasteiger partial charge < -0.3 is 9.64 Å². The molecule has 0 spiro atoms. The average molecular weight is 284 g/mol. The third kappa shape index (κ3) is 2.70. The van der Waals surface area contributed by atoms with Crippen LogP contribution in [0, 0.1) is 0 Å². The Morgan fingerprint density at radius 1 is 1.12 bits per heavy atom. The van der Waals surface area contributed by atoms with E-state index < -0.39 is 0 Å². The summed E-state index contributed by atoms with van der Waals surface area (Å²) in [5.41, 5.74) is 1.27. The summed E-state index contributed by atoms with van der Waals surface area (Å²) < 4.78 is 6.45. The van der Waals surface area contributed by atoms with Crippen molar-refractivity contribution in [2.45, 2.75) is 25.7 Å². The quantitative estimate of drug-likeness (QED) is 0.818. The third-order valence-electron chi connectivity index (χ3n) is 3.10. The van der Waals surface area contributed by atoms with E-state index in [0.717, 1.165) is 23.3 Å². The molecule has 0 amide bonds. The number of rotatable bonds is 2. The first-order valence-electron chi connectivity index (χ1n) is 5.90. The third-order valence-corrected chi connectivity index (χ3v) is 3.77. The predicted molar refractivity (Wildman–Crippen MR) is 71.4 cm³/mol. The molecule has 3 heteroatoms. The van der Waals surface area contributed by atoms with Crippen molar-refractivity contribution < 1.29 is 4.74 Å². The molecule has 1 aliphatic heterocycles. The zero-order valence-electron chi connectivity index (χ0n) is 9.71. The Morgan fingerprint density at radius 2 is 1.81 bits per heavy atom. The maximum Gasteiger partial charge on any atom is 0.121 e. The Bertz CT molecular complexity index is 346. The van der Waals surface area contributed by atoms with Crippen molar-refractivity contribution in [3.63, 3.8) is 0 Å².